The highest BCUT2D eigenvalue weighted by atomic mass is 127. The predicted molar refractivity (Wildman–Crippen MR) is 41.1 cm³/mol. The maximum Gasteiger partial charge on any atom is 0.0839 e. The van der Waals surface area contributed by atoms with Gasteiger partial charge in [-0.05, 0) is 29.5 Å². The van der Waals surface area contributed by atoms with E-state index in [0.717, 1.165) is 3.72 Å². The summed E-state index contributed by atoms with van der Waals surface area (Å²) >= 11 is 4.11. The molecule has 0 aromatic carbocycles. The minimum absolute atomic E-state index is 1.09. The molecule has 0 aromatic heterocycles. The fourth-order valence-electron chi connectivity index (χ4n) is 0. The normalized spacial score (nSPS) is 12.2. The van der Waals surface area contributed by atoms with Crippen LogP contribution in [0.1, 0.15) is 6.92 Å². The summed E-state index contributed by atoms with van der Waals surface area (Å²) in [7, 11) is 0. The Balaban J connectivity index is 3.14. The van der Waals surface area contributed by atoms with Gasteiger partial charge in [-0.25, -0.2) is 3.21 Å². The van der Waals surface area contributed by atoms with Gasteiger partial charge < -0.3 is 0 Å². The van der Waals surface area contributed by atoms with Crippen molar-refractivity contribution in [2.45, 2.75) is 6.92 Å². The van der Waals surface area contributed by atoms with Gasteiger partial charge in [-0.2, -0.15) is 0 Å². The molecule has 0 saturated heterocycles. The molecule has 30 valence electrons. The molecule has 0 spiro atoms. The number of hydrogen-bond donors (Lipinski definition) is 0. The van der Waals surface area contributed by atoms with E-state index in [4.69, 9.17) is 0 Å². The van der Waals surface area contributed by atoms with Crippen molar-refractivity contribution in [2.24, 2.45) is 3.21 Å². The van der Waals surface area contributed by atoms with Crippen molar-refractivity contribution in [1.82, 2.24) is 0 Å². The van der Waals surface area contributed by atoms with Gasteiger partial charge >= 0.3 is 0 Å². The second kappa shape index (κ2) is 3.32. The molecule has 0 N–H and O–H groups in total. The average molecular weight is 295 g/mol. The van der Waals surface area contributed by atoms with Gasteiger partial charge in [0.25, 0.3) is 0 Å². The summed E-state index contributed by atoms with van der Waals surface area (Å²) in [5, 5.41) is 0. The first-order valence-electron chi connectivity index (χ1n) is 1.08. The highest BCUT2D eigenvalue weighted by Crippen LogP contribution is 1.92. The zero-order valence-corrected chi connectivity index (χ0v) is 7.02. The van der Waals surface area contributed by atoms with Gasteiger partial charge in [0.05, 0.1) is 26.6 Å². The van der Waals surface area contributed by atoms with E-state index in [-0.39, 0.29) is 0 Å². The van der Waals surface area contributed by atoms with Crippen molar-refractivity contribution in [3.05, 3.63) is 0 Å². The van der Waals surface area contributed by atoms with E-state index in [1.165, 1.54) is 0 Å². The number of hydrogen-bond acceptors (Lipinski definition) is 1. The molecule has 0 unspecified atom stereocenters. The predicted octanol–water partition coefficient (Wildman–Crippen LogP) is 2.19. The van der Waals surface area contributed by atoms with Gasteiger partial charge in [-0.3, -0.25) is 0 Å². The molecule has 0 bridgehead atoms. The number of nitrogens with zero attached hydrogens (tertiary/aromatic N) is 1. The molecule has 0 saturated carbocycles. The van der Waals surface area contributed by atoms with Crippen LogP contribution in [0.15, 0.2) is 3.21 Å². The van der Waals surface area contributed by atoms with E-state index in [0.29, 0.717) is 0 Å². The van der Waals surface area contributed by atoms with E-state index >= 15 is 0 Å². The molecular formula is C2H3I2N. The second-order valence-electron chi connectivity index (χ2n) is 0.582. The summed E-state index contributed by atoms with van der Waals surface area (Å²) in [4.78, 5) is 0. The van der Waals surface area contributed by atoms with Crippen LogP contribution in [0.25, 0.3) is 0 Å². The van der Waals surface area contributed by atoms with E-state index < -0.39 is 0 Å². The summed E-state index contributed by atoms with van der Waals surface area (Å²) < 4.78 is 4.85. The Hall–Kier alpha value is 1.13. The molecule has 3 heteroatoms. The first-order chi connectivity index (χ1) is 2.27. The van der Waals surface area contributed by atoms with Crippen LogP contribution in [0, 0.1) is 0 Å². The topological polar surface area (TPSA) is 12.4 Å². The number of rotatable bonds is 0. The molecule has 5 heavy (non-hydrogen) atoms. The zero-order valence-electron chi connectivity index (χ0n) is 2.70. The Kier molecular flexibility index (Phi) is 4.08. The van der Waals surface area contributed by atoms with Crippen LogP contribution in [0.5, 0.6) is 0 Å². The van der Waals surface area contributed by atoms with Crippen molar-refractivity contribution in [3.63, 3.8) is 0 Å². The Morgan fingerprint density at radius 3 is 2.00 bits per heavy atom. The first-order valence-corrected chi connectivity index (χ1v) is 3.13. The molecule has 0 aromatic rings. The summed E-state index contributed by atoms with van der Waals surface area (Å²) in [6, 6.07) is 0. The lowest BCUT2D eigenvalue weighted by Gasteiger charge is -1.68. The third-order valence-electron chi connectivity index (χ3n) is 0.116. The molecule has 0 fully saturated rings. The van der Waals surface area contributed by atoms with Crippen LogP contribution in [0.4, 0.5) is 0 Å². The standard InChI is InChI=1S/C2H3I2N/c1-2(3)5-4/h1H3/b5-2-. The van der Waals surface area contributed by atoms with Gasteiger partial charge in [0, 0.05) is 0 Å². The fraction of sp³-hybridized carbons (Fsp3) is 0.500. The fourth-order valence-corrected chi connectivity index (χ4v) is 0. The van der Waals surface area contributed by atoms with Crippen molar-refractivity contribution in [3.8, 4) is 0 Å². The maximum absolute atomic E-state index is 3.76. The maximum atomic E-state index is 3.76. The molecule has 0 heterocycles. The molecule has 0 rings (SSSR count). The molecule has 0 aliphatic heterocycles. The molecule has 0 aliphatic rings. The third-order valence-corrected chi connectivity index (χ3v) is 2.00. The summed E-state index contributed by atoms with van der Waals surface area (Å²) in [6.45, 7) is 1.95. The molecule has 0 aliphatic carbocycles. The summed E-state index contributed by atoms with van der Waals surface area (Å²) in [6.07, 6.45) is 0. The Labute approximate surface area is 58.9 Å². The van der Waals surface area contributed by atoms with Crippen molar-refractivity contribution in [1.29, 1.82) is 0 Å². The van der Waals surface area contributed by atoms with Crippen LogP contribution < -0.4 is 0 Å². The Morgan fingerprint density at radius 2 is 2.00 bits per heavy atom. The summed E-state index contributed by atoms with van der Waals surface area (Å²) in [5.41, 5.74) is 0. The highest BCUT2D eigenvalue weighted by Gasteiger charge is 1.67. The largest absolute Gasteiger partial charge is 0.213 e. The van der Waals surface area contributed by atoms with Gasteiger partial charge in [-0.15, -0.1) is 0 Å². The Bertz CT molecular complexity index is 45.6. The van der Waals surface area contributed by atoms with E-state index in [1.807, 2.05) is 29.8 Å². The smallest absolute Gasteiger partial charge is 0.0839 e. The zero-order chi connectivity index (χ0) is 4.28. The second-order valence-corrected chi connectivity index (χ2v) is 2.63. The average Bonchev–Trinajstić information content (AvgIpc) is 1.38. The van der Waals surface area contributed by atoms with Crippen LogP contribution in [-0.4, -0.2) is 3.72 Å². The van der Waals surface area contributed by atoms with Crippen LogP contribution in [0.2, 0.25) is 0 Å². The van der Waals surface area contributed by atoms with Gasteiger partial charge in [0.2, 0.25) is 0 Å². The van der Waals surface area contributed by atoms with Crippen molar-refractivity contribution < 1.29 is 0 Å². The van der Waals surface area contributed by atoms with Gasteiger partial charge in [0.1, 0.15) is 0 Å². The van der Waals surface area contributed by atoms with Crippen LogP contribution in [0.3, 0.4) is 0 Å². The molecule has 0 radical (unpaired) electrons. The van der Waals surface area contributed by atoms with Crippen LogP contribution >= 0.6 is 45.5 Å². The lowest BCUT2D eigenvalue weighted by Crippen LogP contribution is -1.61. The highest BCUT2D eigenvalue weighted by molar-refractivity contribution is 14.1. The molecule has 1 nitrogen and oxygen atoms in total. The van der Waals surface area contributed by atoms with E-state index in [2.05, 4.69) is 25.8 Å². The minimum atomic E-state index is 1.09. The van der Waals surface area contributed by atoms with Crippen molar-refractivity contribution >= 4 is 49.2 Å². The first kappa shape index (κ1) is 6.13. The monoisotopic (exact) mass is 295 g/mol. The van der Waals surface area contributed by atoms with E-state index in [9.17, 15) is 0 Å². The molecular weight excluding hydrogens is 292 g/mol. The third kappa shape index (κ3) is 5.13. The quantitative estimate of drug-likeness (QED) is 0.480. The molecule has 0 atom stereocenters. The van der Waals surface area contributed by atoms with E-state index in [1.54, 1.807) is 0 Å². The SMILES string of the molecule is C/C(I)=N/I. The summed E-state index contributed by atoms with van der Waals surface area (Å²) in [5.74, 6) is 0. The number of halogens is 2. The minimum Gasteiger partial charge on any atom is -0.213 e. The molecule has 0 amide bonds. The van der Waals surface area contributed by atoms with Gasteiger partial charge in [0.15, 0.2) is 0 Å². The lowest BCUT2D eigenvalue weighted by atomic mass is 10.9. The van der Waals surface area contributed by atoms with Gasteiger partial charge in [-0.1, -0.05) is 0 Å². The van der Waals surface area contributed by atoms with Crippen molar-refractivity contribution in [2.75, 3.05) is 0 Å². The Morgan fingerprint density at radius 1 is 1.80 bits per heavy atom. The lowest BCUT2D eigenvalue weighted by molar-refractivity contribution is 1.94. The van der Waals surface area contributed by atoms with Crippen LogP contribution in [-0.2, 0) is 0 Å².